The second kappa shape index (κ2) is 7.29. The van der Waals surface area contributed by atoms with Gasteiger partial charge in [-0.25, -0.2) is 12.8 Å². The van der Waals surface area contributed by atoms with Crippen LogP contribution in [-0.2, 0) is 21.1 Å². The van der Waals surface area contributed by atoms with Gasteiger partial charge >= 0.3 is 0 Å². The molecule has 1 fully saturated rings. The number of carbonyl (C=O) groups is 1. The number of hydrogen-bond acceptors (Lipinski definition) is 4. The first-order chi connectivity index (χ1) is 10.9. The smallest absolute Gasteiger partial charge is 0.223 e. The van der Waals surface area contributed by atoms with E-state index in [9.17, 15) is 17.6 Å². The lowest BCUT2D eigenvalue weighted by atomic mass is 10.1. The van der Waals surface area contributed by atoms with E-state index in [0.29, 0.717) is 24.9 Å². The van der Waals surface area contributed by atoms with Crippen LogP contribution < -0.4 is 4.74 Å². The molecule has 0 N–H and O–H groups in total. The molecule has 0 spiro atoms. The van der Waals surface area contributed by atoms with Gasteiger partial charge in [-0.05, 0) is 37.5 Å². The van der Waals surface area contributed by atoms with Crippen LogP contribution in [0.25, 0.3) is 0 Å². The fourth-order valence-electron chi connectivity index (χ4n) is 2.92. The molecule has 0 aliphatic carbocycles. The van der Waals surface area contributed by atoms with Crippen LogP contribution in [0.1, 0.15) is 25.3 Å². The molecule has 0 bridgehead atoms. The monoisotopic (exact) mass is 343 g/mol. The minimum absolute atomic E-state index is 0.0454. The highest BCUT2D eigenvalue weighted by Crippen LogP contribution is 2.21. The van der Waals surface area contributed by atoms with E-state index >= 15 is 0 Å². The Balaban J connectivity index is 1.96. The Kier molecular flexibility index (Phi) is 5.62. The fraction of sp³-hybridized carbons (Fsp3) is 0.562. The van der Waals surface area contributed by atoms with Gasteiger partial charge in [0, 0.05) is 19.0 Å². The van der Waals surface area contributed by atoms with Gasteiger partial charge in [-0.3, -0.25) is 4.79 Å². The molecular weight excluding hydrogens is 321 g/mol. The molecule has 1 aliphatic heterocycles. The van der Waals surface area contributed by atoms with Crippen molar-refractivity contribution in [2.75, 3.05) is 25.2 Å². The van der Waals surface area contributed by atoms with Crippen LogP contribution in [-0.4, -0.2) is 50.4 Å². The van der Waals surface area contributed by atoms with Crippen molar-refractivity contribution in [3.63, 3.8) is 0 Å². The van der Waals surface area contributed by atoms with Crippen molar-refractivity contribution in [2.45, 2.75) is 32.2 Å². The number of methoxy groups -OCH3 is 1. The molecule has 128 valence electrons. The van der Waals surface area contributed by atoms with Crippen LogP contribution in [0.2, 0.25) is 0 Å². The number of nitrogens with zero attached hydrogens (tertiary/aromatic N) is 1. The maximum Gasteiger partial charge on any atom is 0.223 e. The lowest BCUT2D eigenvalue weighted by Crippen LogP contribution is -2.41. The van der Waals surface area contributed by atoms with E-state index in [0.717, 1.165) is 0 Å². The molecule has 1 amide bonds. The van der Waals surface area contributed by atoms with Crippen molar-refractivity contribution in [2.24, 2.45) is 0 Å². The number of benzene rings is 1. The maximum absolute atomic E-state index is 13.6. The molecule has 1 aromatic rings. The van der Waals surface area contributed by atoms with E-state index < -0.39 is 15.7 Å². The summed E-state index contributed by atoms with van der Waals surface area (Å²) in [6.07, 6.45) is 1.14. The third-order valence-electron chi connectivity index (χ3n) is 4.15. The summed E-state index contributed by atoms with van der Waals surface area (Å²) in [7, 11) is -1.62. The predicted octanol–water partition coefficient (Wildman–Crippen LogP) is 1.80. The number of halogens is 1. The summed E-state index contributed by atoms with van der Waals surface area (Å²) in [5.41, 5.74) is 0.715. The van der Waals surface area contributed by atoms with Gasteiger partial charge in [0.2, 0.25) is 5.91 Å². The van der Waals surface area contributed by atoms with Gasteiger partial charge in [-0.1, -0.05) is 6.07 Å². The second-order valence-corrected chi connectivity index (χ2v) is 7.93. The largest absolute Gasteiger partial charge is 0.494 e. The average Bonchev–Trinajstić information content (AvgIpc) is 2.86. The number of hydrogen-bond donors (Lipinski definition) is 0. The van der Waals surface area contributed by atoms with Crippen molar-refractivity contribution in [1.82, 2.24) is 4.90 Å². The van der Waals surface area contributed by atoms with Crippen molar-refractivity contribution < 1.29 is 22.3 Å². The Hall–Kier alpha value is -1.63. The Morgan fingerprint density at radius 1 is 1.43 bits per heavy atom. The molecule has 0 saturated carbocycles. The van der Waals surface area contributed by atoms with Crippen molar-refractivity contribution >= 4 is 15.7 Å². The van der Waals surface area contributed by atoms with Crippen LogP contribution in [0.4, 0.5) is 4.39 Å². The summed E-state index contributed by atoms with van der Waals surface area (Å²) >= 11 is 0. The molecule has 1 aliphatic rings. The number of sulfone groups is 1. The predicted molar refractivity (Wildman–Crippen MR) is 85.7 cm³/mol. The lowest BCUT2D eigenvalue weighted by Gasteiger charge is -2.27. The number of amides is 1. The first-order valence-electron chi connectivity index (χ1n) is 7.68. The van der Waals surface area contributed by atoms with Gasteiger partial charge in [-0.15, -0.1) is 0 Å². The Morgan fingerprint density at radius 3 is 2.70 bits per heavy atom. The summed E-state index contributed by atoms with van der Waals surface area (Å²) in [6, 6.07) is 4.40. The number of ether oxygens (including phenoxy) is 1. The van der Waals surface area contributed by atoms with Gasteiger partial charge in [0.1, 0.15) is 0 Å². The molecular formula is C16H22FNO4S. The zero-order chi connectivity index (χ0) is 17.0. The molecule has 1 heterocycles. The van der Waals surface area contributed by atoms with Gasteiger partial charge in [0.25, 0.3) is 0 Å². The Bertz CT molecular complexity index is 675. The molecule has 2 rings (SSSR count). The minimum atomic E-state index is -3.02. The minimum Gasteiger partial charge on any atom is -0.494 e. The quantitative estimate of drug-likeness (QED) is 0.790. The zero-order valence-electron chi connectivity index (χ0n) is 13.4. The highest BCUT2D eigenvalue weighted by atomic mass is 32.2. The molecule has 1 saturated heterocycles. The molecule has 1 unspecified atom stereocenters. The molecule has 0 aromatic heterocycles. The van der Waals surface area contributed by atoms with E-state index in [-0.39, 0.29) is 35.6 Å². The van der Waals surface area contributed by atoms with E-state index in [1.807, 2.05) is 6.92 Å². The molecule has 5 nitrogen and oxygen atoms in total. The number of rotatable bonds is 6. The van der Waals surface area contributed by atoms with Crippen molar-refractivity contribution in [3.8, 4) is 5.75 Å². The van der Waals surface area contributed by atoms with Crippen LogP contribution >= 0.6 is 0 Å². The van der Waals surface area contributed by atoms with Gasteiger partial charge in [0.05, 0.1) is 18.6 Å². The third kappa shape index (κ3) is 4.43. The third-order valence-corrected chi connectivity index (χ3v) is 5.90. The topological polar surface area (TPSA) is 63.7 Å². The molecule has 1 aromatic carbocycles. The molecule has 23 heavy (non-hydrogen) atoms. The number of carbonyl (C=O) groups excluding carboxylic acids is 1. The van der Waals surface area contributed by atoms with Gasteiger partial charge < -0.3 is 9.64 Å². The van der Waals surface area contributed by atoms with E-state index in [1.165, 1.54) is 19.2 Å². The van der Waals surface area contributed by atoms with Gasteiger partial charge in [-0.2, -0.15) is 0 Å². The van der Waals surface area contributed by atoms with Crippen LogP contribution in [0.5, 0.6) is 5.75 Å². The Morgan fingerprint density at radius 2 is 2.17 bits per heavy atom. The van der Waals surface area contributed by atoms with Crippen molar-refractivity contribution in [3.05, 3.63) is 29.6 Å². The first kappa shape index (κ1) is 17.7. The normalized spacial score (nSPS) is 19.5. The van der Waals surface area contributed by atoms with Crippen LogP contribution in [0.15, 0.2) is 18.2 Å². The molecule has 0 radical (unpaired) electrons. The molecule has 7 heteroatoms. The summed E-state index contributed by atoms with van der Waals surface area (Å²) in [5.74, 6) is -0.182. The van der Waals surface area contributed by atoms with Crippen LogP contribution in [0.3, 0.4) is 0 Å². The Labute approximate surface area is 136 Å². The summed E-state index contributed by atoms with van der Waals surface area (Å²) < 4.78 is 41.6. The average molecular weight is 343 g/mol. The van der Waals surface area contributed by atoms with Crippen LogP contribution in [0, 0.1) is 5.82 Å². The maximum atomic E-state index is 13.6. The van der Waals surface area contributed by atoms with Crippen molar-refractivity contribution in [1.29, 1.82) is 0 Å². The molecule has 1 atom stereocenters. The SMILES string of the molecule is CCN(C(=O)CCc1ccc(OC)c(F)c1)C1CCS(=O)(=O)C1. The lowest BCUT2D eigenvalue weighted by molar-refractivity contribution is -0.132. The number of aryl methyl sites for hydroxylation is 1. The highest BCUT2D eigenvalue weighted by Gasteiger charge is 2.33. The highest BCUT2D eigenvalue weighted by molar-refractivity contribution is 7.91. The summed E-state index contributed by atoms with van der Waals surface area (Å²) in [4.78, 5) is 14.0. The summed E-state index contributed by atoms with van der Waals surface area (Å²) in [5, 5.41) is 0. The van der Waals surface area contributed by atoms with E-state index in [1.54, 1.807) is 11.0 Å². The second-order valence-electron chi connectivity index (χ2n) is 5.71. The fourth-order valence-corrected chi connectivity index (χ4v) is 4.65. The summed E-state index contributed by atoms with van der Waals surface area (Å²) in [6.45, 7) is 2.33. The van der Waals surface area contributed by atoms with E-state index in [2.05, 4.69) is 0 Å². The van der Waals surface area contributed by atoms with Gasteiger partial charge in [0.15, 0.2) is 21.4 Å². The standard InChI is InChI=1S/C16H22FNO4S/c1-3-18(13-8-9-23(20,21)11-13)16(19)7-5-12-4-6-15(22-2)14(17)10-12/h4,6,10,13H,3,5,7-9,11H2,1-2H3. The zero-order valence-corrected chi connectivity index (χ0v) is 14.2. The first-order valence-corrected chi connectivity index (χ1v) is 9.50. The van der Waals surface area contributed by atoms with E-state index in [4.69, 9.17) is 4.74 Å².